The first-order chi connectivity index (χ1) is 18.6. The largest absolute Gasteiger partial charge is 0.446 e. The van der Waals surface area contributed by atoms with Crippen molar-refractivity contribution in [2.24, 2.45) is 46.3 Å². The fourth-order valence-corrected chi connectivity index (χ4v) is 9.65. The van der Waals surface area contributed by atoms with Crippen molar-refractivity contribution in [2.75, 3.05) is 20.3 Å². The molecule has 0 spiro atoms. The third-order valence-corrected chi connectivity index (χ3v) is 11.7. The molecule has 0 aliphatic heterocycles. The first-order valence-electron chi connectivity index (χ1n) is 16.2. The maximum Gasteiger partial charge on any atom is 0.407 e. The lowest BCUT2D eigenvalue weighted by Crippen LogP contribution is -2.51. The molecule has 0 bridgehead atoms. The molecule has 0 heterocycles. The highest BCUT2D eigenvalue weighted by Crippen LogP contribution is 2.67. The quantitative estimate of drug-likeness (QED) is 0.199. The number of fused-ring (bicyclic) bond motifs is 5. The summed E-state index contributed by atoms with van der Waals surface area (Å²) in [7, 11) is 1.52. The van der Waals surface area contributed by atoms with Crippen molar-refractivity contribution in [2.45, 2.75) is 124 Å². The van der Waals surface area contributed by atoms with E-state index in [9.17, 15) is 9.59 Å². The fourth-order valence-electron chi connectivity index (χ4n) is 9.65. The average molecular weight is 544 g/mol. The van der Waals surface area contributed by atoms with Crippen LogP contribution in [-0.4, -0.2) is 38.2 Å². The summed E-state index contributed by atoms with van der Waals surface area (Å²) in [6.45, 7) is 13.1. The molecular formula is C34H57NO4. The summed E-state index contributed by atoms with van der Waals surface area (Å²) in [6.07, 6.45) is 17.2. The Hall–Kier alpha value is -1.36. The Bertz CT molecular complexity index is 882. The minimum absolute atomic E-state index is 0.0348. The molecule has 3 saturated carbocycles. The second-order valence-electron chi connectivity index (χ2n) is 14.6. The van der Waals surface area contributed by atoms with E-state index < -0.39 is 0 Å². The van der Waals surface area contributed by atoms with Crippen LogP contribution in [0.1, 0.15) is 118 Å². The number of hydrogen-bond donors (Lipinski definition) is 1. The van der Waals surface area contributed by atoms with Crippen LogP contribution in [-0.2, 0) is 14.3 Å². The van der Waals surface area contributed by atoms with E-state index in [1.54, 1.807) is 5.57 Å². The van der Waals surface area contributed by atoms with E-state index in [2.05, 4.69) is 46.0 Å². The molecule has 0 aromatic carbocycles. The number of allylic oxidation sites excluding steroid dienone is 1. The van der Waals surface area contributed by atoms with Crippen LogP contribution in [0.5, 0.6) is 0 Å². The summed E-state index contributed by atoms with van der Waals surface area (Å²) in [6, 6.07) is 0. The second kappa shape index (κ2) is 13.1. The highest BCUT2D eigenvalue weighted by Gasteiger charge is 2.59. The number of methoxy groups -OCH3 is 1. The average Bonchev–Trinajstić information content (AvgIpc) is 3.24. The van der Waals surface area contributed by atoms with Crippen molar-refractivity contribution in [3.05, 3.63) is 11.6 Å². The van der Waals surface area contributed by atoms with E-state index >= 15 is 0 Å². The third-order valence-electron chi connectivity index (χ3n) is 11.7. The number of ketones is 1. The summed E-state index contributed by atoms with van der Waals surface area (Å²) in [5.41, 5.74) is 2.34. The van der Waals surface area contributed by atoms with Gasteiger partial charge in [0, 0.05) is 26.5 Å². The lowest BCUT2D eigenvalue weighted by Gasteiger charge is -2.58. The molecule has 5 heteroatoms. The van der Waals surface area contributed by atoms with Crippen LogP contribution in [0.2, 0.25) is 0 Å². The zero-order valence-corrected chi connectivity index (χ0v) is 25.9. The fraction of sp³-hybridized carbons (Fsp3) is 0.882. The standard InChI is InChI=1S/C34H57NO4/c1-23(2)9-7-10-24(3)29-14-15-30-28-13-12-25-21-27(39-32(37)35-20-8-11-26(36)22-38-6)16-18-33(25,4)31(28)17-19-34(29,30)5/h12,23-24,27-31H,7-11,13-22H2,1-6H3,(H,35,37)/t24-,27+,28+,29-,30+,31+,33+,34-/m1/s1. The number of nitrogens with one attached hydrogen (secondary N) is 1. The SMILES string of the molecule is COCC(=O)CCCNC(=O)O[C@H]1CC[C@@]2(C)C(=CC[C@H]3[C@@H]4CC[C@H]([C@H](C)CCCC(C)C)[C@@]4(C)CC[C@@H]32)C1. The van der Waals surface area contributed by atoms with Gasteiger partial charge in [-0.2, -0.15) is 0 Å². The van der Waals surface area contributed by atoms with Crippen molar-refractivity contribution in [1.82, 2.24) is 5.32 Å². The summed E-state index contributed by atoms with van der Waals surface area (Å²) >= 11 is 0. The zero-order valence-electron chi connectivity index (χ0n) is 25.9. The van der Waals surface area contributed by atoms with Crippen LogP contribution in [0.15, 0.2) is 11.6 Å². The van der Waals surface area contributed by atoms with Crippen molar-refractivity contribution < 1.29 is 19.1 Å². The molecule has 4 aliphatic rings. The number of hydrogen-bond acceptors (Lipinski definition) is 4. The Kier molecular flexibility index (Phi) is 10.3. The molecule has 1 amide bonds. The van der Waals surface area contributed by atoms with E-state index in [4.69, 9.17) is 9.47 Å². The van der Waals surface area contributed by atoms with Crippen LogP contribution in [0.3, 0.4) is 0 Å². The highest BCUT2D eigenvalue weighted by molar-refractivity contribution is 5.79. The van der Waals surface area contributed by atoms with E-state index in [1.807, 2.05) is 0 Å². The molecule has 4 aliphatic carbocycles. The van der Waals surface area contributed by atoms with Gasteiger partial charge in [-0.05, 0) is 97.7 Å². The molecule has 5 nitrogen and oxygen atoms in total. The monoisotopic (exact) mass is 543 g/mol. The molecule has 1 N–H and O–H groups in total. The number of rotatable bonds is 12. The predicted octanol–water partition coefficient (Wildman–Crippen LogP) is 8.12. The van der Waals surface area contributed by atoms with Crippen LogP contribution in [0, 0.1) is 46.3 Å². The number of amides is 1. The molecule has 3 fully saturated rings. The van der Waals surface area contributed by atoms with Crippen molar-refractivity contribution in [1.29, 1.82) is 0 Å². The van der Waals surface area contributed by atoms with Gasteiger partial charge in [0.2, 0.25) is 0 Å². The minimum Gasteiger partial charge on any atom is -0.446 e. The van der Waals surface area contributed by atoms with Crippen molar-refractivity contribution in [3.8, 4) is 0 Å². The van der Waals surface area contributed by atoms with Gasteiger partial charge in [0.05, 0.1) is 0 Å². The topological polar surface area (TPSA) is 64.6 Å². The molecule has 4 rings (SSSR count). The minimum atomic E-state index is -0.343. The number of ether oxygens (including phenoxy) is 2. The molecule has 0 aromatic rings. The first-order valence-corrected chi connectivity index (χ1v) is 16.2. The molecule has 8 atom stereocenters. The van der Waals surface area contributed by atoms with E-state index in [0.717, 1.165) is 54.8 Å². The first kappa shape index (κ1) is 30.6. The van der Waals surface area contributed by atoms with E-state index in [0.29, 0.717) is 24.8 Å². The smallest absolute Gasteiger partial charge is 0.407 e. The zero-order chi connectivity index (χ0) is 28.2. The number of carbonyl (C=O) groups is 2. The Balaban J connectivity index is 1.31. The Morgan fingerprint density at radius 3 is 2.56 bits per heavy atom. The maximum absolute atomic E-state index is 12.4. The number of alkyl carbamates (subject to hydrolysis) is 1. The molecule has 0 saturated heterocycles. The van der Waals surface area contributed by atoms with Gasteiger partial charge in [-0.15, -0.1) is 0 Å². The molecule has 0 unspecified atom stereocenters. The molecule has 222 valence electrons. The van der Waals surface area contributed by atoms with Gasteiger partial charge in [-0.25, -0.2) is 4.79 Å². The van der Waals surface area contributed by atoms with Crippen LogP contribution in [0.4, 0.5) is 4.79 Å². The van der Waals surface area contributed by atoms with Crippen molar-refractivity contribution >= 4 is 11.9 Å². The Labute approximate surface area is 238 Å². The van der Waals surface area contributed by atoms with E-state index in [-0.39, 0.29) is 30.0 Å². The molecule has 0 aromatic heterocycles. The van der Waals surface area contributed by atoms with Gasteiger partial charge in [-0.1, -0.05) is 65.5 Å². The summed E-state index contributed by atoms with van der Waals surface area (Å²) in [4.78, 5) is 24.0. The normalized spacial score (nSPS) is 36.4. The van der Waals surface area contributed by atoms with Gasteiger partial charge in [0.1, 0.15) is 12.7 Å². The lowest BCUT2D eigenvalue weighted by molar-refractivity contribution is -0.122. The van der Waals surface area contributed by atoms with E-state index in [1.165, 1.54) is 58.5 Å². The Morgan fingerprint density at radius 1 is 1.03 bits per heavy atom. The van der Waals surface area contributed by atoms with Gasteiger partial charge in [0.25, 0.3) is 0 Å². The number of carbonyl (C=O) groups excluding carboxylic acids is 2. The molecular weight excluding hydrogens is 486 g/mol. The summed E-state index contributed by atoms with van der Waals surface area (Å²) in [5, 5.41) is 2.84. The van der Waals surface area contributed by atoms with Gasteiger partial charge >= 0.3 is 6.09 Å². The van der Waals surface area contributed by atoms with Crippen LogP contribution in [0.25, 0.3) is 0 Å². The lowest BCUT2D eigenvalue weighted by atomic mass is 9.47. The van der Waals surface area contributed by atoms with Gasteiger partial charge in [0.15, 0.2) is 5.78 Å². The molecule has 39 heavy (non-hydrogen) atoms. The summed E-state index contributed by atoms with van der Waals surface area (Å²) in [5.74, 6) is 5.12. The van der Waals surface area contributed by atoms with Crippen LogP contribution >= 0.6 is 0 Å². The predicted molar refractivity (Wildman–Crippen MR) is 157 cm³/mol. The van der Waals surface area contributed by atoms with Crippen LogP contribution < -0.4 is 5.32 Å². The number of Topliss-reactive ketones (excluding diaryl/α,β-unsaturated/α-hetero) is 1. The highest BCUT2D eigenvalue weighted by atomic mass is 16.6. The maximum atomic E-state index is 12.4. The third kappa shape index (κ3) is 6.76. The van der Waals surface area contributed by atoms with Gasteiger partial charge in [-0.3, -0.25) is 4.79 Å². The second-order valence-corrected chi connectivity index (χ2v) is 14.6. The van der Waals surface area contributed by atoms with Gasteiger partial charge < -0.3 is 14.8 Å². The van der Waals surface area contributed by atoms with Crippen molar-refractivity contribution in [3.63, 3.8) is 0 Å². The molecule has 0 radical (unpaired) electrons. The Morgan fingerprint density at radius 2 is 1.82 bits per heavy atom. The summed E-state index contributed by atoms with van der Waals surface area (Å²) < 4.78 is 10.7.